The van der Waals surface area contributed by atoms with Crippen LogP contribution in [0, 0.1) is 0 Å². The van der Waals surface area contributed by atoms with Gasteiger partial charge in [0.1, 0.15) is 5.82 Å². The molecule has 1 heterocycles. The monoisotopic (exact) mass is 247 g/mol. The van der Waals surface area contributed by atoms with Crippen LogP contribution < -0.4 is 5.32 Å². The van der Waals surface area contributed by atoms with E-state index in [0.717, 1.165) is 10.8 Å². The van der Waals surface area contributed by atoms with Crippen molar-refractivity contribution in [1.82, 2.24) is 15.3 Å². The van der Waals surface area contributed by atoms with Gasteiger partial charge in [-0.1, -0.05) is 23.7 Å². The number of hydrogen-bond donors (Lipinski definition) is 1. The van der Waals surface area contributed by atoms with Crippen LogP contribution in [-0.4, -0.2) is 9.97 Å². The van der Waals surface area contributed by atoms with Crippen LogP contribution in [0.15, 0.2) is 42.7 Å². The van der Waals surface area contributed by atoms with Crippen LogP contribution in [0.3, 0.4) is 0 Å². The molecule has 1 N–H and O–H groups in total. The van der Waals surface area contributed by atoms with Gasteiger partial charge in [-0.05, 0) is 30.7 Å². The summed E-state index contributed by atoms with van der Waals surface area (Å²) < 4.78 is 0. The molecule has 1 aromatic carbocycles. The summed E-state index contributed by atoms with van der Waals surface area (Å²) in [5.74, 6) is 0.799. The minimum atomic E-state index is 0.246. The first-order valence-electron chi connectivity index (χ1n) is 5.50. The van der Waals surface area contributed by atoms with Crippen LogP contribution in [0.25, 0.3) is 0 Å². The molecule has 0 fully saturated rings. The fourth-order valence-electron chi connectivity index (χ4n) is 1.53. The molecular weight excluding hydrogens is 234 g/mol. The van der Waals surface area contributed by atoms with Crippen molar-refractivity contribution in [3.8, 4) is 0 Å². The van der Waals surface area contributed by atoms with E-state index in [1.807, 2.05) is 30.3 Å². The van der Waals surface area contributed by atoms with E-state index in [2.05, 4.69) is 22.2 Å². The Morgan fingerprint density at radius 3 is 2.47 bits per heavy atom. The molecule has 0 saturated heterocycles. The van der Waals surface area contributed by atoms with E-state index in [1.54, 1.807) is 12.4 Å². The highest BCUT2D eigenvalue weighted by atomic mass is 35.5. The van der Waals surface area contributed by atoms with E-state index in [4.69, 9.17) is 11.6 Å². The number of nitrogens with one attached hydrogen (secondary N) is 1. The van der Waals surface area contributed by atoms with Crippen molar-refractivity contribution < 1.29 is 0 Å². The van der Waals surface area contributed by atoms with Gasteiger partial charge < -0.3 is 5.32 Å². The fourth-order valence-corrected chi connectivity index (χ4v) is 1.66. The Morgan fingerprint density at radius 1 is 1.18 bits per heavy atom. The molecule has 2 rings (SSSR count). The van der Waals surface area contributed by atoms with Gasteiger partial charge in [0.05, 0.1) is 6.54 Å². The van der Waals surface area contributed by atoms with Gasteiger partial charge in [0.25, 0.3) is 0 Å². The second-order valence-electron chi connectivity index (χ2n) is 3.82. The number of hydrogen-bond acceptors (Lipinski definition) is 3. The van der Waals surface area contributed by atoms with Crippen molar-refractivity contribution in [3.63, 3.8) is 0 Å². The zero-order chi connectivity index (χ0) is 12.1. The highest BCUT2D eigenvalue weighted by Crippen LogP contribution is 2.16. The van der Waals surface area contributed by atoms with Gasteiger partial charge in [-0.3, -0.25) is 0 Å². The maximum absolute atomic E-state index is 5.85. The third-order valence-electron chi connectivity index (χ3n) is 2.56. The average Bonchev–Trinajstić information content (AvgIpc) is 2.38. The smallest absolute Gasteiger partial charge is 0.141 e. The predicted molar refractivity (Wildman–Crippen MR) is 68.7 cm³/mol. The molecular formula is C13H14ClN3. The summed E-state index contributed by atoms with van der Waals surface area (Å²) in [5.41, 5.74) is 1.20. The molecule has 2 aromatic rings. The normalized spacial score (nSPS) is 12.4. The van der Waals surface area contributed by atoms with Gasteiger partial charge in [-0.15, -0.1) is 0 Å². The molecule has 3 nitrogen and oxygen atoms in total. The van der Waals surface area contributed by atoms with Crippen LogP contribution in [0.5, 0.6) is 0 Å². The molecule has 0 amide bonds. The molecule has 0 aliphatic rings. The summed E-state index contributed by atoms with van der Waals surface area (Å²) in [6.07, 6.45) is 3.49. The van der Waals surface area contributed by atoms with Crippen LogP contribution in [0.2, 0.25) is 5.02 Å². The lowest BCUT2D eigenvalue weighted by Gasteiger charge is -2.13. The molecule has 0 aliphatic heterocycles. The summed E-state index contributed by atoms with van der Waals surface area (Å²) in [4.78, 5) is 8.33. The molecule has 0 bridgehead atoms. The summed E-state index contributed by atoms with van der Waals surface area (Å²) >= 11 is 5.85. The third-order valence-corrected chi connectivity index (χ3v) is 2.81. The molecule has 0 aliphatic carbocycles. The van der Waals surface area contributed by atoms with Crippen molar-refractivity contribution in [3.05, 3.63) is 59.1 Å². The lowest BCUT2D eigenvalue weighted by Crippen LogP contribution is -2.19. The van der Waals surface area contributed by atoms with Crippen LogP contribution in [0.1, 0.15) is 24.4 Å². The molecule has 17 heavy (non-hydrogen) atoms. The van der Waals surface area contributed by atoms with Crippen molar-refractivity contribution in [2.75, 3.05) is 0 Å². The molecule has 88 valence electrons. The quantitative estimate of drug-likeness (QED) is 0.903. The molecule has 0 unspecified atom stereocenters. The number of halogens is 1. The van der Waals surface area contributed by atoms with E-state index >= 15 is 0 Å². The van der Waals surface area contributed by atoms with E-state index in [9.17, 15) is 0 Å². The van der Waals surface area contributed by atoms with Gasteiger partial charge in [-0.25, -0.2) is 9.97 Å². The van der Waals surface area contributed by atoms with Crippen LogP contribution in [0.4, 0.5) is 0 Å². The predicted octanol–water partition coefficient (Wildman–Crippen LogP) is 2.98. The van der Waals surface area contributed by atoms with Gasteiger partial charge in [0.15, 0.2) is 0 Å². The maximum atomic E-state index is 5.85. The zero-order valence-electron chi connectivity index (χ0n) is 9.60. The SMILES string of the molecule is C[C@@H](NCc1ncccn1)c1ccc(Cl)cc1. The van der Waals surface area contributed by atoms with Gasteiger partial charge >= 0.3 is 0 Å². The van der Waals surface area contributed by atoms with Crippen molar-refractivity contribution in [2.24, 2.45) is 0 Å². The van der Waals surface area contributed by atoms with Crippen LogP contribution in [-0.2, 0) is 6.54 Å². The highest BCUT2D eigenvalue weighted by molar-refractivity contribution is 6.30. The molecule has 1 atom stereocenters. The molecule has 4 heteroatoms. The first-order valence-corrected chi connectivity index (χ1v) is 5.88. The number of aromatic nitrogens is 2. The minimum absolute atomic E-state index is 0.246. The third kappa shape index (κ3) is 3.51. The summed E-state index contributed by atoms with van der Waals surface area (Å²) in [5, 5.41) is 4.12. The number of nitrogens with zero attached hydrogens (tertiary/aromatic N) is 2. The minimum Gasteiger partial charge on any atom is -0.303 e. The Balaban J connectivity index is 1.93. The first-order chi connectivity index (χ1) is 8.25. The second kappa shape index (κ2) is 5.75. The summed E-state index contributed by atoms with van der Waals surface area (Å²) in [6.45, 7) is 2.76. The Morgan fingerprint density at radius 2 is 1.82 bits per heavy atom. The van der Waals surface area contributed by atoms with E-state index in [-0.39, 0.29) is 6.04 Å². The molecule has 1 aromatic heterocycles. The van der Waals surface area contributed by atoms with E-state index < -0.39 is 0 Å². The lowest BCUT2D eigenvalue weighted by atomic mass is 10.1. The summed E-state index contributed by atoms with van der Waals surface area (Å²) in [6, 6.07) is 9.89. The molecule has 0 saturated carbocycles. The summed E-state index contributed by atoms with van der Waals surface area (Å²) in [7, 11) is 0. The highest BCUT2D eigenvalue weighted by Gasteiger charge is 2.05. The average molecular weight is 248 g/mol. The standard InChI is InChI=1S/C13H14ClN3/c1-10(11-3-5-12(14)6-4-11)17-9-13-15-7-2-8-16-13/h2-8,10,17H,9H2,1H3/t10-/m1/s1. The van der Waals surface area contributed by atoms with Crippen molar-refractivity contribution in [1.29, 1.82) is 0 Å². The topological polar surface area (TPSA) is 37.8 Å². The molecule has 0 radical (unpaired) electrons. The largest absolute Gasteiger partial charge is 0.303 e. The Labute approximate surface area is 106 Å². The zero-order valence-corrected chi connectivity index (χ0v) is 10.4. The number of rotatable bonds is 4. The Hall–Kier alpha value is -1.45. The Kier molecular flexibility index (Phi) is 4.07. The van der Waals surface area contributed by atoms with E-state index in [1.165, 1.54) is 5.56 Å². The fraction of sp³-hybridized carbons (Fsp3) is 0.231. The lowest BCUT2D eigenvalue weighted by molar-refractivity contribution is 0.559. The van der Waals surface area contributed by atoms with Gasteiger partial charge in [-0.2, -0.15) is 0 Å². The van der Waals surface area contributed by atoms with Crippen molar-refractivity contribution >= 4 is 11.6 Å². The van der Waals surface area contributed by atoms with Gasteiger partial charge in [0.2, 0.25) is 0 Å². The van der Waals surface area contributed by atoms with Crippen molar-refractivity contribution in [2.45, 2.75) is 19.5 Å². The second-order valence-corrected chi connectivity index (χ2v) is 4.26. The Bertz CT molecular complexity index is 456. The first kappa shape index (κ1) is 12.0. The van der Waals surface area contributed by atoms with Crippen LogP contribution >= 0.6 is 11.6 Å². The number of benzene rings is 1. The van der Waals surface area contributed by atoms with E-state index in [0.29, 0.717) is 6.54 Å². The molecule has 0 spiro atoms. The maximum Gasteiger partial charge on any atom is 0.141 e. The van der Waals surface area contributed by atoms with Gasteiger partial charge in [0, 0.05) is 23.5 Å².